The first kappa shape index (κ1) is 13.8. The lowest BCUT2D eigenvalue weighted by molar-refractivity contribution is 0.561. The van der Waals surface area contributed by atoms with Gasteiger partial charge in [0.15, 0.2) is 11.5 Å². The molecule has 0 radical (unpaired) electrons. The molecule has 2 aromatic carbocycles. The maximum atomic E-state index is 5.56. The van der Waals surface area contributed by atoms with Gasteiger partial charge in [-0.2, -0.15) is 0 Å². The van der Waals surface area contributed by atoms with Crippen LogP contribution in [0.3, 0.4) is 0 Å². The molecule has 0 aliphatic heterocycles. The molecular formula is C19H17N3O. The summed E-state index contributed by atoms with van der Waals surface area (Å²) < 4.78 is 7.69. The molecule has 0 saturated heterocycles. The Hall–Kier alpha value is -2.88. The fraction of sp³-hybridized carbons (Fsp3) is 0.158. The predicted octanol–water partition coefficient (Wildman–Crippen LogP) is 4.61. The van der Waals surface area contributed by atoms with Gasteiger partial charge >= 0.3 is 0 Å². The number of para-hydroxylation sites is 1. The molecule has 0 saturated carbocycles. The highest BCUT2D eigenvalue weighted by Crippen LogP contribution is 2.28. The molecule has 0 bridgehead atoms. The van der Waals surface area contributed by atoms with E-state index >= 15 is 0 Å². The van der Waals surface area contributed by atoms with Crippen molar-refractivity contribution in [2.75, 3.05) is 0 Å². The molecule has 2 heterocycles. The van der Waals surface area contributed by atoms with Crippen LogP contribution in [0.1, 0.15) is 17.0 Å². The molecule has 4 rings (SSSR count). The van der Waals surface area contributed by atoms with Gasteiger partial charge in [-0.15, -0.1) is 0 Å². The molecule has 4 aromatic rings. The Balaban J connectivity index is 1.91. The molecule has 114 valence electrons. The zero-order valence-corrected chi connectivity index (χ0v) is 13.4. The van der Waals surface area contributed by atoms with Crippen LogP contribution in [0.15, 0.2) is 53.2 Å². The number of aryl methyl sites for hydroxylation is 3. The second-order valence-corrected chi connectivity index (χ2v) is 5.78. The Morgan fingerprint density at radius 1 is 1.00 bits per heavy atom. The van der Waals surface area contributed by atoms with E-state index in [1.807, 2.05) is 37.5 Å². The highest BCUT2D eigenvalue weighted by molar-refractivity contribution is 5.79. The Kier molecular flexibility index (Phi) is 3.05. The van der Waals surface area contributed by atoms with Gasteiger partial charge in [-0.1, -0.05) is 18.2 Å². The molecule has 0 spiro atoms. The topological polar surface area (TPSA) is 43.9 Å². The molecule has 0 amide bonds. The normalized spacial score (nSPS) is 11.3. The largest absolute Gasteiger partial charge is 0.441 e. The number of imidazole rings is 1. The van der Waals surface area contributed by atoms with Crippen molar-refractivity contribution in [3.63, 3.8) is 0 Å². The van der Waals surface area contributed by atoms with Crippen LogP contribution in [-0.2, 0) is 0 Å². The highest BCUT2D eigenvalue weighted by Gasteiger charge is 2.13. The number of hydrogen-bond acceptors (Lipinski definition) is 3. The first-order valence-electron chi connectivity index (χ1n) is 7.61. The zero-order chi connectivity index (χ0) is 16.0. The number of hydrogen-bond donors (Lipinski definition) is 0. The minimum absolute atomic E-state index is 0.676. The van der Waals surface area contributed by atoms with Gasteiger partial charge < -0.3 is 4.42 Å². The zero-order valence-electron chi connectivity index (χ0n) is 13.4. The van der Waals surface area contributed by atoms with Gasteiger partial charge in [-0.3, -0.25) is 4.57 Å². The average molecular weight is 303 g/mol. The van der Waals surface area contributed by atoms with Gasteiger partial charge in [0.25, 0.3) is 0 Å². The van der Waals surface area contributed by atoms with Gasteiger partial charge in [0.1, 0.15) is 11.3 Å². The SMILES string of the molecule is Cc1nc2cc(-c3nccn3-c3c(C)cccc3C)ccc2o1. The summed E-state index contributed by atoms with van der Waals surface area (Å²) in [5.41, 5.74) is 6.31. The van der Waals surface area contributed by atoms with Gasteiger partial charge in [0.2, 0.25) is 0 Å². The van der Waals surface area contributed by atoms with Crippen LogP contribution >= 0.6 is 0 Å². The van der Waals surface area contributed by atoms with E-state index in [4.69, 9.17) is 4.42 Å². The van der Waals surface area contributed by atoms with E-state index in [9.17, 15) is 0 Å². The summed E-state index contributed by atoms with van der Waals surface area (Å²) >= 11 is 0. The summed E-state index contributed by atoms with van der Waals surface area (Å²) in [7, 11) is 0. The van der Waals surface area contributed by atoms with E-state index in [0.29, 0.717) is 5.89 Å². The summed E-state index contributed by atoms with van der Waals surface area (Å²) in [4.78, 5) is 8.98. The van der Waals surface area contributed by atoms with Gasteiger partial charge in [0.05, 0.1) is 5.69 Å². The number of rotatable bonds is 2. The molecule has 2 aromatic heterocycles. The quantitative estimate of drug-likeness (QED) is 0.543. The van der Waals surface area contributed by atoms with Crippen LogP contribution in [0.4, 0.5) is 0 Å². The molecular weight excluding hydrogens is 286 g/mol. The number of nitrogens with zero attached hydrogens (tertiary/aromatic N) is 3. The summed E-state index contributed by atoms with van der Waals surface area (Å²) in [6, 6.07) is 12.3. The van der Waals surface area contributed by atoms with Crippen molar-refractivity contribution in [3.05, 3.63) is 65.8 Å². The van der Waals surface area contributed by atoms with E-state index in [0.717, 1.165) is 22.5 Å². The maximum absolute atomic E-state index is 5.56. The Labute approximate surface area is 134 Å². The lowest BCUT2D eigenvalue weighted by atomic mass is 10.1. The summed E-state index contributed by atoms with van der Waals surface area (Å²) in [5.74, 6) is 1.58. The number of aromatic nitrogens is 3. The highest BCUT2D eigenvalue weighted by atomic mass is 16.3. The van der Waals surface area contributed by atoms with Crippen molar-refractivity contribution in [1.82, 2.24) is 14.5 Å². The fourth-order valence-corrected chi connectivity index (χ4v) is 3.06. The second kappa shape index (κ2) is 5.09. The third-order valence-corrected chi connectivity index (χ3v) is 4.07. The minimum atomic E-state index is 0.676. The van der Waals surface area contributed by atoms with Crippen molar-refractivity contribution in [2.45, 2.75) is 20.8 Å². The smallest absolute Gasteiger partial charge is 0.192 e. The van der Waals surface area contributed by atoms with Gasteiger partial charge in [-0.05, 0) is 43.2 Å². The summed E-state index contributed by atoms with van der Waals surface area (Å²) in [6.07, 6.45) is 3.84. The lowest BCUT2D eigenvalue weighted by Gasteiger charge is -2.13. The maximum Gasteiger partial charge on any atom is 0.192 e. The molecule has 0 atom stereocenters. The van der Waals surface area contributed by atoms with E-state index in [-0.39, 0.29) is 0 Å². The second-order valence-electron chi connectivity index (χ2n) is 5.78. The van der Waals surface area contributed by atoms with E-state index < -0.39 is 0 Å². The fourth-order valence-electron chi connectivity index (χ4n) is 3.06. The lowest BCUT2D eigenvalue weighted by Crippen LogP contribution is -2.01. The van der Waals surface area contributed by atoms with Crippen molar-refractivity contribution in [1.29, 1.82) is 0 Å². The third kappa shape index (κ3) is 2.23. The van der Waals surface area contributed by atoms with Crippen molar-refractivity contribution < 1.29 is 4.42 Å². The predicted molar refractivity (Wildman–Crippen MR) is 90.8 cm³/mol. The monoisotopic (exact) mass is 303 g/mol. The average Bonchev–Trinajstić information content (AvgIpc) is 3.11. The molecule has 23 heavy (non-hydrogen) atoms. The van der Waals surface area contributed by atoms with E-state index in [1.54, 1.807) is 0 Å². The first-order valence-corrected chi connectivity index (χ1v) is 7.61. The van der Waals surface area contributed by atoms with Crippen molar-refractivity contribution in [3.8, 4) is 17.1 Å². The van der Waals surface area contributed by atoms with Gasteiger partial charge in [-0.25, -0.2) is 9.97 Å². The number of fused-ring (bicyclic) bond motifs is 1. The van der Waals surface area contributed by atoms with Crippen molar-refractivity contribution in [2.24, 2.45) is 0 Å². The van der Waals surface area contributed by atoms with Gasteiger partial charge in [0, 0.05) is 24.9 Å². The van der Waals surface area contributed by atoms with Crippen LogP contribution < -0.4 is 0 Å². The molecule has 0 unspecified atom stereocenters. The van der Waals surface area contributed by atoms with Crippen LogP contribution in [-0.4, -0.2) is 14.5 Å². The van der Waals surface area contributed by atoms with Crippen molar-refractivity contribution >= 4 is 11.1 Å². The molecule has 0 aliphatic carbocycles. The van der Waals surface area contributed by atoms with E-state index in [1.165, 1.54) is 16.8 Å². The molecule has 4 heteroatoms. The Morgan fingerprint density at radius 3 is 2.57 bits per heavy atom. The van der Waals surface area contributed by atoms with Crippen LogP contribution in [0.5, 0.6) is 0 Å². The third-order valence-electron chi connectivity index (χ3n) is 4.07. The molecule has 0 fully saturated rings. The van der Waals surface area contributed by atoms with Crippen LogP contribution in [0.2, 0.25) is 0 Å². The molecule has 4 nitrogen and oxygen atoms in total. The van der Waals surface area contributed by atoms with Crippen LogP contribution in [0.25, 0.3) is 28.2 Å². The first-order chi connectivity index (χ1) is 11.1. The Morgan fingerprint density at radius 2 is 1.78 bits per heavy atom. The molecule has 0 N–H and O–H groups in total. The summed E-state index contributed by atoms with van der Waals surface area (Å²) in [6.45, 7) is 6.10. The van der Waals surface area contributed by atoms with E-state index in [2.05, 4.69) is 46.6 Å². The standard InChI is InChI=1S/C19H17N3O/c1-12-5-4-6-13(2)18(12)22-10-9-20-19(22)15-7-8-17-16(11-15)21-14(3)23-17/h4-11H,1-3H3. The molecule has 0 aliphatic rings. The number of benzene rings is 2. The van der Waals surface area contributed by atoms with Crippen LogP contribution in [0, 0.1) is 20.8 Å². The number of oxazole rings is 1. The Bertz CT molecular complexity index is 990. The minimum Gasteiger partial charge on any atom is -0.441 e. The summed E-state index contributed by atoms with van der Waals surface area (Å²) in [5, 5.41) is 0.